The molecule has 2 atom stereocenters. The summed E-state index contributed by atoms with van der Waals surface area (Å²) in [7, 11) is 0. The highest BCUT2D eigenvalue weighted by Gasteiger charge is 2.28. The smallest absolute Gasteiger partial charge is 0.136 e. The van der Waals surface area contributed by atoms with Crippen LogP contribution < -0.4 is 5.32 Å². The second-order valence-electron chi connectivity index (χ2n) is 5.58. The third kappa shape index (κ3) is 3.65. The van der Waals surface area contributed by atoms with Crippen molar-refractivity contribution in [2.75, 3.05) is 6.54 Å². The number of benzene rings is 1. The second-order valence-corrected chi connectivity index (χ2v) is 5.58. The molecule has 0 aliphatic heterocycles. The minimum Gasteiger partial charge on any atom is -0.508 e. The summed E-state index contributed by atoms with van der Waals surface area (Å²) in [6.45, 7) is 5.95. The van der Waals surface area contributed by atoms with Crippen molar-refractivity contribution >= 4 is 0 Å². The lowest BCUT2D eigenvalue weighted by Gasteiger charge is -2.26. The van der Waals surface area contributed by atoms with E-state index < -0.39 is 5.60 Å². The van der Waals surface area contributed by atoms with Crippen molar-refractivity contribution in [2.45, 2.75) is 38.8 Å². The molecule has 4 heteroatoms. The Morgan fingerprint density at radius 2 is 1.95 bits per heavy atom. The van der Waals surface area contributed by atoms with Gasteiger partial charge in [-0.05, 0) is 38.5 Å². The molecular formula is C17H23NO3. The molecule has 0 bridgehead atoms. The van der Waals surface area contributed by atoms with Crippen LogP contribution in [-0.2, 0) is 5.60 Å². The van der Waals surface area contributed by atoms with Crippen LogP contribution >= 0.6 is 0 Å². The Morgan fingerprint density at radius 3 is 2.52 bits per heavy atom. The highest BCUT2D eigenvalue weighted by Crippen LogP contribution is 2.28. The number of aromatic hydroxyl groups is 1. The zero-order valence-corrected chi connectivity index (χ0v) is 12.8. The lowest BCUT2D eigenvalue weighted by molar-refractivity contribution is 0.0305. The number of furan rings is 1. The van der Waals surface area contributed by atoms with E-state index in [1.165, 1.54) is 0 Å². The molecule has 0 aliphatic rings. The molecule has 0 spiro atoms. The van der Waals surface area contributed by atoms with Crippen LogP contribution in [0.1, 0.15) is 43.4 Å². The van der Waals surface area contributed by atoms with Gasteiger partial charge in [0.05, 0.1) is 0 Å². The number of hydrogen-bond donors (Lipinski definition) is 3. The number of para-hydroxylation sites is 1. The number of nitrogens with one attached hydrogen (secondary N) is 1. The lowest BCUT2D eigenvalue weighted by Crippen LogP contribution is -2.37. The molecule has 1 aromatic carbocycles. The maximum Gasteiger partial charge on any atom is 0.136 e. The van der Waals surface area contributed by atoms with E-state index in [2.05, 4.69) is 5.32 Å². The van der Waals surface area contributed by atoms with Gasteiger partial charge < -0.3 is 19.9 Å². The summed E-state index contributed by atoms with van der Waals surface area (Å²) in [4.78, 5) is 0. The quantitative estimate of drug-likeness (QED) is 0.764. The highest BCUT2D eigenvalue weighted by molar-refractivity contribution is 5.34. The van der Waals surface area contributed by atoms with Crippen LogP contribution in [0.5, 0.6) is 5.75 Å². The summed E-state index contributed by atoms with van der Waals surface area (Å²) in [6, 6.07) is 10.9. The van der Waals surface area contributed by atoms with Gasteiger partial charge in [0.25, 0.3) is 0 Å². The molecule has 2 rings (SSSR count). The standard InChI is InChI=1S/C17H23NO3/c1-4-14(13-7-5-6-8-15(13)19)18-11-17(3,20)16-10-9-12(2)21-16/h5-10,14,18-20H,4,11H2,1-3H3/t14-,17+/m0/s1. The fourth-order valence-electron chi connectivity index (χ4n) is 2.39. The van der Waals surface area contributed by atoms with Crippen LogP contribution in [0.25, 0.3) is 0 Å². The van der Waals surface area contributed by atoms with Crippen LogP contribution in [0.4, 0.5) is 0 Å². The molecule has 0 unspecified atom stereocenters. The van der Waals surface area contributed by atoms with Crippen molar-refractivity contribution in [3.63, 3.8) is 0 Å². The average molecular weight is 289 g/mol. The Labute approximate surface area is 125 Å². The summed E-state index contributed by atoms with van der Waals surface area (Å²) in [5.41, 5.74) is -0.252. The van der Waals surface area contributed by atoms with E-state index in [1.807, 2.05) is 32.0 Å². The minimum atomic E-state index is -1.09. The van der Waals surface area contributed by atoms with Crippen LogP contribution in [0.2, 0.25) is 0 Å². The molecule has 1 aromatic heterocycles. The van der Waals surface area contributed by atoms with Crippen molar-refractivity contribution in [1.82, 2.24) is 5.32 Å². The fourth-order valence-corrected chi connectivity index (χ4v) is 2.39. The van der Waals surface area contributed by atoms with Crippen LogP contribution in [0, 0.1) is 6.92 Å². The Hall–Kier alpha value is -1.78. The predicted molar refractivity (Wildman–Crippen MR) is 82.2 cm³/mol. The van der Waals surface area contributed by atoms with Crippen molar-refractivity contribution in [3.8, 4) is 5.75 Å². The van der Waals surface area contributed by atoms with Gasteiger partial charge >= 0.3 is 0 Å². The largest absolute Gasteiger partial charge is 0.508 e. The highest BCUT2D eigenvalue weighted by atomic mass is 16.4. The van der Waals surface area contributed by atoms with E-state index in [1.54, 1.807) is 25.1 Å². The van der Waals surface area contributed by atoms with Crippen molar-refractivity contribution in [1.29, 1.82) is 0 Å². The Bertz CT molecular complexity index is 589. The van der Waals surface area contributed by atoms with Gasteiger partial charge in [-0.15, -0.1) is 0 Å². The maximum absolute atomic E-state index is 10.5. The van der Waals surface area contributed by atoms with Gasteiger partial charge in [-0.2, -0.15) is 0 Å². The van der Waals surface area contributed by atoms with E-state index in [4.69, 9.17) is 4.42 Å². The second kappa shape index (κ2) is 6.33. The number of hydrogen-bond acceptors (Lipinski definition) is 4. The Balaban J connectivity index is 2.08. The van der Waals surface area contributed by atoms with Crippen molar-refractivity contribution < 1.29 is 14.6 Å². The molecule has 3 N–H and O–H groups in total. The van der Waals surface area contributed by atoms with Gasteiger partial charge in [0.15, 0.2) is 0 Å². The van der Waals surface area contributed by atoms with E-state index in [0.717, 1.165) is 17.7 Å². The van der Waals surface area contributed by atoms with Crippen LogP contribution in [0.3, 0.4) is 0 Å². The molecular weight excluding hydrogens is 266 g/mol. The molecule has 0 amide bonds. The molecule has 0 saturated carbocycles. The molecule has 0 aliphatic carbocycles. The van der Waals surface area contributed by atoms with E-state index in [0.29, 0.717) is 12.3 Å². The van der Waals surface area contributed by atoms with Gasteiger partial charge in [-0.3, -0.25) is 0 Å². The fraction of sp³-hybridized carbons (Fsp3) is 0.412. The van der Waals surface area contributed by atoms with Gasteiger partial charge in [0, 0.05) is 18.2 Å². The molecule has 0 fully saturated rings. The summed E-state index contributed by atoms with van der Waals surface area (Å²) < 4.78 is 5.50. The maximum atomic E-state index is 10.5. The zero-order valence-electron chi connectivity index (χ0n) is 12.8. The summed E-state index contributed by atoms with van der Waals surface area (Å²) >= 11 is 0. The van der Waals surface area contributed by atoms with Crippen molar-refractivity contribution in [2.24, 2.45) is 0 Å². The van der Waals surface area contributed by atoms with Gasteiger partial charge in [0.2, 0.25) is 0 Å². The topological polar surface area (TPSA) is 65.6 Å². The SMILES string of the molecule is CC[C@H](NC[C@@](C)(O)c1ccc(C)o1)c1ccccc1O. The van der Waals surface area contributed by atoms with Gasteiger partial charge in [-0.25, -0.2) is 0 Å². The summed E-state index contributed by atoms with van der Waals surface area (Å²) in [6.07, 6.45) is 0.810. The number of rotatable bonds is 6. The lowest BCUT2D eigenvalue weighted by atomic mass is 10.00. The van der Waals surface area contributed by atoms with Gasteiger partial charge in [0.1, 0.15) is 22.9 Å². The van der Waals surface area contributed by atoms with Crippen molar-refractivity contribution in [3.05, 3.63) is 53.5 Å². The molecule has 21 heavy (non-hydrogen) atoms. The molecule has 2 aromatic rings. The monoisotopic (exact) mass is 289 g/mol. The molecule has 1 heterocycles. The average Bonchev–Trinajstić information content (AvgIpc) is 2.89. The minimum absolute atomic E-state index is 0.0197. The first-order chi connectivity index (χ1) is 9.94. The Morgan fingerprint density at radius 1 is 1.24 bits per heavy atom. The molecule has 114 valence electrons. The molecule has 0 radical (unpaired) electrons. The van der Waals surface area contributed by atoms with E-state index in [9.17, 15) is 10.2 Å². The normalized spacial score (nSPS) is 15.6. The molecule has 4 nitrogen and oxygen atoms in total. The zero-order chi connectivity index (χ0) is 15.5. The number of aryl methyl sites for hydroxylation is 1. The third-order valence-corrected chi connectivity index (χ3v) is 3.68. The Kier molecular flexibility index (Phi) is 4.70. The predicted octanol–water partition coefficient (Wildman–Crippen LogP) is 3.24. The number of aliphatic hydroxyl groups is 1. The van der Waals surface area contributed by atoms with Crippen LogP contribution in [0.15, 0.2) is 40.8 Å². The van der Waals surface area contributed by atoms with E-state index >= 15 is 0 Å². The van der Waals surface area contributed by atoms with Crippen LogP contribution in [-0.4, -0.2) is 16.8 Å². The molecule has 0 saturated heterocycles. The van der Waals surface area contributed by atoms with Gasteiger partial charge in [-0.1, -0.05) is 25.1 Å². The summed E-state index contributed by atoms with van der Waals surface area (Å²) in [5, 5.41) is 23.8. The summed E-state index contributed by atoms with van der Waals surface area (Å²) in [5.74, 6) is 1.59. The third-order valence-electron chi connectivity index (χ3n) is 3.68. The first-order valence-electron chi connectivity index (χ1n) is 7.24. The van der Waals surface area contributed by atoms with E-state index in [-0.39, 0.29) is 11.8 Å². The first kappa shape index (κ1) is 15.6. The first-order valence-corrected chi connectivity index (χ1v) is 7.24. The number of phenols is 1. The number of phenolic OH excluding ortho intramolecular Hbond substituents is 1.